The Hall–Kier alpha value is -0.500. The molecule has 0 saturated heterocycles. The quantitative estimate of drug-likeness (QED) is 0.503. The molecule has 0 bridgehead atoms. The minimum absolute atomic E-state index is 0.750. The number of aryl methyl sites for hydroxylation is 2. The van der Waals surface area contributed by atoms with Crippen LogP contribution in [0.2, 0.25) is 0 Å². The fraction of sp³-hybridized carbons (Fsp3) is 0.625. The van der Waals surface area contributed by atoms with Gasteiger partial charge < -0.3 is 0 Å². The van der Waals surface area contributed by atoms with Crippen molar-refractivity contribution in [3.05, 3.63) is 18.0 Å². The smallest absolute Gasteiger partial charge is 0.0492 e. The van der Waals surface area contributed by atoms with E-state index in [9.17, 15) is 0 Å². The molecule has 1 aromatic heterocycles. The number of halogens is 1. The van der Waals surface area contributed by atoms with Crippen molar-refractivity contribution in [2.24, 2.45) is 0 Å². The predicted octanol–water partition coefficient (Wildman–Crippen LogP) is 2.21. The highest BCUT2D eigenvalue weighted by Crippen LogP contribution is 2.00. The molecule has 2 nitrogen and oxygen atoms in total. The van der Waals surface area contributed by atoms with E-state index in [1.54, 1.807) is 0 Å². The number of hydrogen-bond acceptors (Lipinski definition) is 1. The topological polar surface area (TPSA) is 17.8 Å². The molecule has 1 rings (SSSR count). The maximum Gasteiger partial charge on any atom is 0.0492 e. The third-order valence-electron chi connectivity index (χ3n) is 1.68. The zero-order valence-corrected chi connectivity index (χ0v) is 7.51. The number of aromatic nitrogens is 2. The van der Waals surface area contributed by atoms with E-state index in [2.05, 4.69) is 12.0 Å². The average Bonchev–Trinajstić information content (AvgIpc) is 2.37. The van der Waals surface area contributed by atoms with Crippen molar-refractivity contribution < 1.29 is 0 Å². The molecule has 0 atom stereocenters. The summed E-state index contributed by atoms with van der Waals surface area (Å²) in [5.74, 6) is 0.750. The standard InChI is InChI=1S/C8H13ClN2/c1-8-4-6-10-11(8)7-3-2-5-9/h4,6H,2-3,5,7H2,1H3. The second-order valence-corrected chi connectivity index (χ2v) is 2.97. The summed E-state index contributed by atoms with van der Waals surface area (Å²) < 4.78 is 2.01. The van der Waals surface area contributed by atoms with Gasteiger partial charge in [-0.15, -0.1) is 11.6 Å². The number of rotatable bonds is 4. The molecule has 0 N–H and O–H groups in total. The largest absolute Gasteiger partial charge is 0.270 e. The molecule has 0 aliphatic heterocycles. The molecule has 0 fully saturated rings. The lowest BCUT2D eigenvalue weighted by atomic mass is 10.3. The van der Waals surface area contributed by atoms with Gasteiger partial charge >= 0.3 is 0 Å². The SMILES string of the molecule is Cc1ccnn1CCCCCl. The normalized spacial score (nSPS) is 10.4. The molecule has 1 heterocycles. The van der Waals surface area contributed by atoms with Gasteiger partial charge in [0.05, 0.1) is 0 Å². The second-order valence-electron chi connectivity index (χ2n) is 2.59. The van der Waals surface area contributed by atoms with Gasteiger partial charge in [-0.2, -0.15) is 5.10 Å². The van der Waals surface area contributed by atoms with Crippen LogP contribution in [0.1, 0.15) is 18.5 Å². The number of unbranched alkanes of at least 4 members (excludes halogenated alkanes) is 1. The molecule has 3 heteroatoms. The lowest BCUT2D eigenvalue weighted by Gasteiger charge is -2.01. The number of alkyl halides is 1. The summed E-state index contributed by atoms with van der Waals surface area (Å²) >= 11 is 5.55. The molecule has 0 aliphatic rings. The van der Waals surface area contributed by atoms with E-state index in [1.165, 1.54) is 5.69 Å². The maximum absolute atomic E-state index is 5.55. The first kappa shape index (κ1) is 8.60. The van der Waals surface area contributed by atoms with Gasteiger partial charge in [0.15, 0.2) is 0 Å². The summed E-state index contributed by atoms with van der Waals surface area (Å²) in [4.78, 5) is 0. The van der Waals surface area contributed by atoms with Crippen LogP contribution >= 0.6 is 11.6 Å². The third-order valence-corrected chi connectivity index (χ3v) is 1.95. The van der Waals surface area contributed by atoms with Crippen molar-refractivity contribution in [1.29, 1.82) is 0 Å². The van der Waals surface area contributed by atoms with Crippen LogP contribution < -0.4 is 0 Å². The Morgan fingerprint density at radius 2 is 2.36 bits per heavy atom. The highest BCUT2D eigenvalue weighted by Gasteiger charge is 1.94. The Labute approximate surface area is 72.2 Å². The Balaban J connectivity index is 2.32. The Morgan fingerprint density at radius 3 is 2.91 bits per heavy atom. The van der Waals surface area contributed by atoms with Crippen LogP contribution in [0.15, 0.2) is 12.3 Å². The zero-order chi connectivity index (χ0) is 8.10. The van der Waals surface area contributed by atoms with Gasteiger partial charge in [-0.25, -0.2) is 0 Å². The lowest BCUT2D eigenvalue weighted by Crippen LogP contribution is -2.01. The van der Waals surface area contributed by atoms with Crippen molar-refractivity contribution in [2.45, 2.75) is 26.3 Å². The van der Waals surface area contributed by atoms with Gasteiger partial charge in [0.1, 0.15) is 0 Å². The van der Waals surface area contributed by atoms with Crippen molar-refractivity contribution >= 4 is 11.6 Å². The predicted molar refractivity (Wildman–Crippen MR) is 46.9 cm³/mol. The molecule has 0 spiro atoms. The second kappa shape index (κ2) is 4.39. The van der Waals surface area contributed by atoms with Crippen molar-refractivity contribution in [2.75, 3.05) is 5.88 Å². The molecular weight excluding hydrogens is 160 g/mol. The van der Waals surface area contributed by atoms with Crippen LogP contribution in [-0.4, -0.2) is 15.7 Å². The van der Waals surface area contributed by atoms with Crippen LogP contribution in [0, 0.1) is 6.92 Å². The molecule has 0 aromatic carbocycles. The first-order valence-corrected chi connectivity index (χ1v) is 4.42. The lowest BCUT2D eigenvalue weighted by molar-refractivity contribution is 0.560. The maximum atomic E-state index is 5.55. The van der Waals surface area contributed by atoms with Gasteiger partial charge in [-0.05, 0) is 25.8 Å². The van der Waals surface area contributed by atoms with Crippen molar-refractivity contribution in [1.82, 2.24) is 9.78 Å². The van der Waals surface area contributed by atoms with Crippen molar-refractivity contribution in [3.63, 3.8) is 0 Å². The first-order valence-electron chi connectivity index (χ1n) is 3.89. The fourth-order valence-electron chi connectivity index (χ4n) is 0.989. The van der Waals surface area contributed by atoms with Gasteiger partial charge in [0.2, 0.25) is 0 Å². The summed E-state index contributed by atoms with van der Waals surface area (Å²) in [6.45, 7) is 3.05. The van der Waals surface area contributed by atoms with Gasteiger partial charge in [0.25, 0.3) is 0 Å². The van der Waals surface area contributed by atoms with Crippen LogP contribution in [0.25, 0.3) is 0 Å². The van der Waals surface area contributed by atoms with Crippen LogP contribution in [0.4, 0.5) is 0 Å². The first-order chi connectivity index (χ1) is 5.34. The van der Waals surface area contributed by atoms with E-state index in [-0.39, 0.29) is 0 Å². The summed E-state index contributed by atoms with van der Waals surface area (Å²) in [5, 5.41) is 4.16. The van der Waals surface area contributed by atoms with E-state index < -0.39 is 0 Å². The van der Waals surface area contributed by atoms with Crippen LogP contribution in [0.3, 0.4) is 0 Å². The summed E-state index contributed by atoms with van der Waals surface area (Å²) in [6, 6.07) is 2.01. The molecule has 0 amide bonds. The van der Waals surface area contributed by atoms with E-state index >= 15 is 0 Å². The molecular formula is C8H13ClN2. The van der Waals surface area contributed by atoms with Gasteiger partial charge in [-0.3, -0.25) is 4.68 Å². The van der Waals surface area contributed by atoms with E-state index in [1.807, 2.05) is 16.9 Å². The van der Waals surface area contributed by atoms with Crippen molar-refractivity contribution in [3.8, 4) is 0 Å². The third kappa shape index (κ3) is 2.54. The highest BCUT2D eigenvalue weighted by atomic mass is 35.5. The molecule has 0 radical (unpaired) electrons. The minimum Gasteiger partial charge on any atom is -0.270 e. The minimum atomic E-state index is 0.750. The Kier molecular flexibility index (Phi) is 3.43. The molecule has 0 aliphatic carbocycles. The van der Waals surface area contributed by atoms with E-state index in [0.717, 1.165) is 25.3 Å². The molecule has 62 valence electrons. The Bertz CT molecular complexity index is 208. The highest BCUT2D eigenvalue weighted by molar-refractivity contribution is 6.17. The summed E-state index contributed by atoms with van der Waals surface area (Å²) in [6.07, 6.45) is 4.02. The molecule has 11 heavy (non-hydrogen) atoms. The summed E-state index contributed by atoms with van der Waals surface area (Å²) in [5.41, 5.74) is 1.22. The molecule has 1 aromatic rings. The molecule has 0 saturated carbocycles. The number of nitrogens with zero attached hydrogens (tertiary/aromatic N) is 2. The zero-order valence-electron chi connectivity index (χ0n) is 6.76. The monoisotopic (exact) mass is 172 g/mol. The van der Waals surface area contributed by atoms with E-state index in [0.29, 0.717) is 0 Å². The fourth-order valence-corrected chi connectivity index (χ4v) is 1.18. The number of hydrogen-bond donors (Lipinski definition) is 0. The van der Waals surface area contributed by atoms with Gasteiger partial charge in [-0.1, -0.05) is 0 Å². The molecule has 0 unspecified atom stereocenters. The van der Waals surface area contributed by atoms with E-state index in [4.69, 9.17) is 11.6 Å². The van der Waals surface area contributed by atoms with Crippen LogP contribution in [-0.2, 0) is 6.54 Å². The van der Waals surface area contributed by atoms with Gasteiger partial charge in [0, 0.05) is 24.3 Å². The Morgan fingerprint density at radius 1 is 1.55 bits per heavy atom. The summed E-state index contributed by atoms with van der Waals surface area (Å²) in [7, 11) is 0. The average molecular weight is 173 g/mol. The van der Waals surface area contributed by atoms with Crippen LogP contribution in [0.5, 0.6) is 0 Å².